The predicted octanol–water partition coefficient (Wildman–Crippen LogP) is 3.80. The molecule has 2 amide bonds. The van der Waals surface area contributed by atoms with Gasteiger partial charge in [0.25, 0.3) is 11.6 Å². The maximum absolute atomic E-state index is 12.0. The van der Waals surface area contributed by atoms with Gasteiger partial charge in [-0.15, -0.1) is 0 Å². The first-order chi connectivity index (χ1) is 14.0. The van der Waals surface area contributed by atoms with E-state index in [2.05, 4.69) is 31.8 Å². The first kappa shape index (κ1) is 22.2. The molecule has 2 rings (SSSR count). The minimum Gasteiger partial charge on any atom is -0.352 e. The average Bonchev–Trinajstić information content (AvgIpc) is 2.71. The maximum atomic E-state index is 12.0. The van der Waals surface area contributed by atoms with Crippen molar-refractivity contribution in [3.05, 3.63) is 74.2 Å². The summed E-state index contributed by atoms with van der Waals surface area (Å²) in [5.74, 6) is -0.406. The first-order valence-electron chi connectivity index (χ1n) is 9.07. The molecule has 0 aliphatic rings. The second-order valence-electron chi connectivity index (χ2n) is 6.16. The molecule has 9 heteroatoms. The number of hydrogen-bond donors (Lipinski definition) is 2. The molecule has 0 spiro atoms. The van der Waals surface area contributed by atoms with Crippen LogP contribution in [0.2, 0.25) is 0 Å². The van der Waals surface area contributed by atoms with E-state index in [1.165, 1.54) is 12.3 Å². The third kappa shape index (κ3) is 7.46. The number of carbonyl (C=O) groups is 2. The van der Waals surface area contributed by atoms with Gasteiger partial charge in [-0.05, 0) is 47.0 Å². The molecule has 0 radical (unpaired) electrons. The van der Waals surface area contributed by atoms with Gasteiger partial charge < -0.3 is 5.32 Å². The van der Waals surface area contributed by atoms with Gasteiger partial charge in [0, 0.05) is 23.5 Å². The Morgan fingerprint density at radius 2 is 1.79 bits per heavy atom. The van der Waals surface area contributed by atoms with Crippen LogP contribution < -0.4 is 10.7 Å². The number of hydrazone groups is 1. The quantitative estimate of drug-likeness (QED) is 0.243. The standard InChI is InChI=1S/C20H21BrN4O4/c21-17-10-5-4-9-16(17)20(27)22-13-7-1-2-12-19(26)24-23-14-15-8-3-6-11-18(15)25(28)29/h3-6,8-11,14H,1-2,7,12-13H2,(H,22,27)(H,24,26)/b23-14+. The third-order valence-corrected chi connectivity index (χ3v) is 4.70. The number of nitrogens with one attached hydrogen (secondary N) is 2. The van der Waals surface area contributed by atoms with E-state index in [9.17, 15) is 19.7 Å². The zero-order chi connectivity index (χ0) is 21.1. The highest BCUT2D eigenvalue weighted by atomic mass is 79.9. The van der Waals surface area contributed by atoms with E-state index in [0.717, 1.165) is 17.3 Å². The van der Waals surface area contributed by atoms with Gasteiger partial charge in [0.2, 0.25) is 5.91 Å². The number of halogens is 1. The fourth-order valence-corrected chi connectivity index (χ4v) is 2.99. The Balaban J connectivity index is 1.62. The Morgan fingerprint density at radius 1 is 1.07 bits per heavy atom. The van der Waals surface area contributed by atoms with Crippen LogP contribution in [0.3, 0.4) is 0 Å². The molecular weight excluding hydrogens is 440 g/mol. The minimum atomic E-state index is -0.502. The fraction of sp³-hybridized carbons (Fsp3) is 0.250. The Bertz CT molecular complexity index is 902. The molecule has 0 fully saturated rings. The Morgan fingerprint density at radius 3 is 2.55 bits per heavy atom. The van der Waals surface area contributed by atoms with Crippen LogP contribution in [0.5, 0.6) is 0 Å². The van der Waals surface area contributed by atoms with E-state index in [1.54, 1.807) is 30.3 Å². The second kappa shape index (κ2) is 11.7. The molecule has 2 N–H and O–H groups in total. The van der Waals surface area contributed by atoms with Crippen LogP contribution in [0, 0.1) is 10.1 Å². The number of para-hydroxylation sites is 1. The molecule has 8 nitrogen and oxygen atoms in total. The summed E-state index contributed by atoms with van der Waals surface area (Å²) in [7, 11) is 0. The number of carbonyl (C=O) groups excluding carboxylic acids is 2. The summed E-state index contributed by atoms with van der Waals surface area (Å²) in [6, 6.07) is 13.4. The smallest absolute Gasteiger partial charge is 0.278 e. The fourth-order valence-electron chi connectivity index (χ4n) is 2.52. The van der Waals surface area contributed by atoms with Gasteiger partial charge in [-0.3, -0.25) is 19.7 Å². The zero-order valence-corrected chi connectivity index (χ0v) is 17.2. The van der Waals surface area contributed by atoms with Crippen molar-refractivity contribution in [2.45, 2.75) is 25.7 Å². The van der Waals surface area contributed by atoms with E-state index in [1.807, 2.05) is 12.1 Å². The van der Waals surface area contributed by atoms with Gasteiger partial charge >= 0.3 is 0 Å². The third-order valence-electron chi connectivity index (χ3n) is 4.01. The number of amides is 2. The highest BCUT2D eigenvalue weighted by Gasteiger charge is 2.10. The topological polar surface area (TPSA) is 114 Å². The molecule has 29 heavy (non-hydrogen) atoms. The van der Waals surface area contributed by atoms with Crippen LogP contribution in [0.1, 0.15) is 41.6 Å². The van der Waals surface area contributed by atoms with Crippen molar-refractivity contribution in [1.82, 2.24) is 10.7 Å². The summed E-state index contributed by atoms with van der Waals surface area (Å²) in [4.78, 5) is 34.2. The van der Waals surface area contributed by atoms with E-state index in [-0.39, 0.29) is 23.9 Å². The number of rotatable bonds is 10. The van der Waals surface area contributed by atoms with Crippen LogP contribution in [0.4, 0.5) is 5.69 Å². The van der Waals surface area contributed by atoms with Gasteiger partial charge in [-0.25, -0.2) is 5.43 Å². The van der Waals surface area contributed by atoms with Crippen molar-refractivity contribution in [2.24, 2.45) is 5.10 Å². The van der Waals surface area contributed by atoms with Crippen molar-refractivity contribution < 1.29 is 14.5 Å². The molecule has 0 aliphatic carbocycles. The van der Waals surface area contributed by atoms with E-state index >= 15 is 0 Å². The Kier molecular flexibility index (Phi) is 8.97. The van der Waals surface area contributed by atoms with Gasteiger partial charge in [-0.1, -0.05) is 30.7 Å². The average molecular weight is 461 g/mol. The minimum absolute atomic E-state index is 0.0740. The second-order valence-corrected chi connectivity index (χ2v) is 7.01. The highest BCUT2D eigenvalue weighted by Crippen LogP contribution is 2.16. The number of hydrogen-bond acceptors (Lipinski definition) is 5. The molecule has 2 aromatic carbocycles. The van der Waals surface area contributed by atoms with Crippen molar-refractivity contribution in [2.75, 3.05) is 6.54 Å². The molecule has 0 aromatic heterocycles. The number of nitro groups is 1. The van der Waals surface area contributed by atoms with Crippen molar-refractivity contribution in [1.29, 1.82) is 0 Å². The first-order valence-corrected chi connectivity index (χ1v) is 9.86. The largest absolute Gasteiger partial charge is 0.352 e. The normalized spacial score (nSPS) is 10.7. The zero-order valence-electron chi connectivity index (χ0n) is 15.6. The molecule has 0 bridgehead atoms. The Labute approximate surface area is 176 Å². The molecular formula is C20H21BrN4O4. The van der Waals surface area contributed by atoms with Gasteiger partial charge in [0.1, 0.15) is 0 Å². The van der Waals surface area contributed by atoms with E-state index in [4.69, 9.17) is 0 Å². The van der Waals surface area contributed by atoms with Crippen LogP contribution in [0.25, 0.3) is 0 Å². The van der Waals surface area contributed by atoms with Crippen LogP contribution in [-0.2, 0) is 4.79 Å². The number of unbranched alkanes of at least 4 members (excludes halogenated alkanes) is 2. The summed E-state index contributed by atoms with van der Waals surface area (Å²) in [5, 5.41) is 17.5. The number of nitro benzene ring substituents is 1. The van der Waals surface area contributed by atoms with Crippen LogP contribution in [-0.4, -0.2) is 29.5 Å². The maximum Gasteiger partial charge on any atom is 0.278 e. The van der Waals surface area contributed by atoms with Crippen molar-refractivity contribution in [3.63, 3.8) is 0 Å². The monoisotopic (exact) mass is 460 g/mol. The number of benzene rings is 2. The molecule has 0 aliphatic heterocycles. The van der Waals surface area contributed by atoms with Crippen LogP contribution >= 0.6 is 15.9 Å². The highest BCUT2D eigenvalue weighted by molar-refractivity contribution is 9.10. The molecule has 2 aromatic rings. The molecule has 0 unspecified atom stereocenters. The summed E-state index contributed by atoms with van der Waals surface area (Å²) in [5.41, 5.74) is 3.20. The van der Waals surface area contributed by atoms with E-state index in [0.29, 0.717) is 24.1 Å². The molecule has 0 atom stereocenters. The lowest BCUT2D eigenvalue weighted by atomic mass is 10.2. The lowest BCUT2D eigenvalue weighted by molar-refractivity contribution is -0.385. The van der Waals surface area contributed by atoms with Crippen LogP contribution in [0.15, 0.2) is 58.1 Å². The van der Waals surface area contributed by atoms with Crippen molar-refractivity contribution >= 4 is 39.6 Å². The van der Waals surface area contributed by atoms with E-state index < -0.39 is 4.92 Å². The molecule has 0 heterocycles. The lowest BCUT2D eigenvalue weighted by Crippen LogP contribution is -2.24. The SMILES string of the molecule is O=C(CCCCCNC(=O)c1ccccc1Br)N/N=C/c1ccccc1[N+](=O)[O-]. The van der Waals surface area contributed by atoms with Gasteiger partial charge in [0.05, 0.1) is 22.3 Å². The lowest BCUT2D eigenvalue weighted by Gasteiger charge is -2.06. The van der Waals surface area contributed by atoms with Gasteiger partial charge in [0.15, 0.2) is 0 Å². The summed E-state index contributed by atoms with van der Waals surface area (Å²) < 4.78 is 0.746. The molecule has 0 saturated carbocycles. The molecule has 0 saturated heterocycles. The van der Waals surface area contributed by atoms with Gasteiger partial charge in [-0.2, -0.15) is 5.10 Å². The Hall–Kier alpha value is -3.07. The summed E-state index contributed by atoms with van der Waals surface area (Å²) >= 11 is 3.34. The number of nitrogens with zero attached hydrogens (tertiary/aromatic N) is 2. The summed E-state index contributed by atoms with van der Waals surface area (Å²) in [6.45, 7) is 0.525. The predicted molar refractivity (Wildman–Crippen MR) is 114 cm³/mol. The van der Waals surface area contributed by atoms with Crippen molar-refractivity contribution in [3.8, 4) is 0 Å². The summed E-state index contributed by atoms with van der Waals surface area (Å²) in [6.07, 6.45) is 3.72. The molecule has 152 valence electrons.